The van der Waals surface area contributed by atoms with Crippen molar-refractivity contribution in [3.8, 4) is 0 Å². The van der Waals surface area contributed by atoms with Gasteiger partial charge in [0.05, 0.1) is 16.6 Å². The first-order valence-electron chi connectivity index (χ1n) is 12.2. The number of hydrogen-bond acceptors (Lipinski definition) is 5. The van der Waals surface area contributed by atoms with E-state index in [2.05, 4.69) is 0 Å². The summed E-state index contributed by atoms with van der Waals surface area (Å²) in [5.41, 5.74) is -7.14. The molecule has 1 fully saturated rings. The highest BCUT2D eigenvalue weighted by atomic mass is 32.2. The summed E-state index contributed by atoms with van der Waals surface area (Å²) in [4.78, 5) is 16.3. The Bertz CT molecular complexity index is 1340. The van der Waals surface area contributed by atoms with E-state index in [0.717, 1.165) is 34.6 Å². The normalized spacial score (nSPS) is 19.5. The van der Waals surface area contributed by atoms with E-state index >= 15 is 0 Å². The summed E-state index contributed by atoms with van der Waals surface area (Å²) in [6, 6.07) is 4.32. The van der Waals surface area contributed by atoms with Crippen LogP contribution in [0.3, 0.4) is 0 Å². The number of carbonyl (C=O) groups excluding carboxylic acids is 1. The maximum absolute atomic E-state index is 13.7. The highest BCUT2D eigenvalue weighted by molar-refractivity contribution is 7.92. The predicted octanol–water partition coefficient (Wildman–Crippen LogP) is 3.81. The minimum absolute atomic E-state index is 0.104. The predicted molar refractivity (Wildman–Crippen MR) is 129 cm³/mol. The van der Waals surface area contributed by atoms with Gasteiger partial charge < -0.3 is 14.9 Å². The lowest BCUT2D eigenvalue weighted by atomic mass is 9.87. The molecule has 1 atom stereocenters. The van der Waals surface area contributed by atoms with Crippen LogP contribution in [0.2, 0.25) is 0 Å². The Morgan fingerprint density at radius 3 is 2.08 bits per heavy atom. The smallest absolute Gasteiger partial charge is 0.369 e. The molecule has 1 amide bonds. The number of fused-ring (bicyclic) bond motifs is 1. The van der Waals surface area contributed by atoms with Crippen LogP contribution in [-0.4, -0.2) is 80.9 Å². The minimum atomic E-state index is -6.12. The van der Waals surface area contributed by atoms with Crippen molar-refractivity contribution in [2.75, 3.05) is 37.5 Å². The third-order valence-electron chi connectivity index (χ3n) is 7.27. The number of aryl methyl sites for hydroxylation is 1. The molecular weight excluding hydrogens is 571 g/mol. The second-order valence-corrected chi connectivity index (χ2v) is 11.7. The summed E-state index contributed by atoms with van der Waals surface area (Å²) in [7, 11) is -2.67. The fourth-order valence-corrected chi connectivity index (χ4v) is 6.68. The molecule has 2 aliphatic rings. The first kappa shape index (κ1) is 30.1. The van der Waals surface area contributed by atoms with E-state index < -0.39 is 45.4 Å². The molecule has 4 rings (SSSR count). The Morgan fingerprint density at radius 2 is 1.52 bits per heavy atom. The molecule has 0 bridgehead atoms. The highest BCUT2D eigenvalue weighted by Gasteiger charge is 2.71. The van der Waals surface area contributed by atoms with Crippen LogP contribution in [0.4, 0.5) is 36.4 Å². The van der Waals surface area contributed by atoms with Crippen LogP contribution >= 0.6 is 0 Å². The number of amides is 1. The molecule has 2 heterocycles. The van der Waals surface area contributed by atoms with Gasteiger partial charge in [-0.1, -0.05) is 12.1 Å². The highest BCUT2D eigenvalue weighted by Crippen LogP contribution is 2.51. The summed E-state index contributed by atoms with van der Waals surface area (Å²) in [5, 5.41) is 9.85. The van der Waals surface area contributed by atoms with Gasteiger partial charge in [0, 0.05) is 38.2 Å². The summed E-state index contributed by atoms with van der Waals surface area (Å²) in [6.07, 6.45) is -12.8. The van der Waals surface area contributed by atoms with Crippen LogP contribution in [0.1, 0.15) is 24.0 Å². The van der Waals surface area contributed by atoms with Crippen molar-refractivity contribution in [3.05, 3.63) is 59.4 Å². The van der Waals surface area contributed by atoms with Gasteiger partial charge in [0.25, 0.3) is 15.6 Å². The summed E-state index contributed by atoms with van der Waals surface area (Å²) < 4.78 is 123. The van der Waals surface area contributed by atoms with Crippen molar-refractivity contribution in [1.29, 1.82) is 0 Å². The zero-order valence-electron chi connectivity index (χ0n) is 21.1. The van der Waals surface area contributed by atoms with Gasteiger partial charge in [-0.05, 0) is 55.8 Å². The largest absolute Gasteiger partial charge is 0.430 e. The van der Waals surface area contributed by atoms with E-state index in [1.54, 1.807) is 4.90 Å². The van der Waals surface area contributed by atoms with Gasteiger partial charge in [0.1, 0.15) is 5.82 Å². The maximum Gasteiger partial charge on any atom is 0.430 e. The lowest BCUT2D eigenvalue weighted by Gasteiger charge is -2.40. The number of alkyl halides is 6. The van der Waals surface area contributed by atoms with Crippen molar-refractivity contribution >= 4 is 21.6 Å². The molecule has 0 saturated carbocycles. The average molecular weight is 598 g/mol. The molecule has 1 saturated heterocycles. The summed E-state index contributed by atoms with van der Waals surface area (Å²) in [5.74, 6) is -1.09. The van der Waals surface area contributed by atoms with E-state index in [1.807, 2.05) is 11.9 Å². The number of hydrogen-bond donors (Lipinski definition) is 1. The second-order valence-electron chi connectivity index (χ2n) is 9.88. The van der Waals surface area contributed by atoms with Gasteiger partial charge in [-0.25, -0.2) is 12.8 Å². The first-order valence-corrected chi connectivity index (χ1v) is 13.7. The van der Waals surface area contributed by atoms with Crippen LogP contribution in [0, 0.1) is 5.82 Å². The molecule has 2 aliphatic heterocycles. The molecular formula is C25H26F7N3O4S. The Balaban J connectivity index is 1.78. The zero-order chi connectivity index (χ0) is 29.7. The standard InChI is InChI=1S/C25H26F7N3O4S/c1-33-10-12-34(13-11-33)22(36)15-19-6-2-16-14-17(23(37,24(27,28)29)25(30,31)32)3-9-21(16)35(19)40(38,39)20-7-4-18(26)5-8-20/h3-5,7-9,14,19,37H,2,6,10-13,15H2,1H3. The monoisotopic (exact) mass is 597 g/mol. The average Bonchev–Trinajstić information content (AvgIpc) is 2.87. The van der Waals surface area contributed by atoms with Gasteiger partial charge >= 0.3 is 12.4 Å². The zero-order valence-corrected chi connectivity index (χ0v) is 22.0. The van der Waals surface area contributed by atoms with Gasteiger partial charge in [0.15, 0.2) is 0 Å². The molecule has 220 valence electrons. The van der Waals surface area contributed by atoms with Crippen LogP contribution in [0.15, 0.2) is 47.4 Å². The SMILES string of the molecule is CN1CCN(C(=O)CC2CCc3cc(C(O)(C(F)(F)F)C(F)(F)F)ccc3N2S(=O)(=O)c2ccc(F)cc2)CC1. The molecule has 2 aromatic rings. The third kappa shape index (κ3) is 5.38. The van der Waals surface area contributed by atoms with Gasteiger partial charge in [0.2, 0.25) is 5.91 Å². The van der Waals surface area contributed by atoms with Crippen LogP contribution in [0.5, 0.6) is 0 Å². The number of sulfonamides is 1. The number of piperazine rings is 1. The van der Waals surface area contributed by atoms with Crippen LogP contribution < -0.4 is 4.31 Å². The number of nitrogens with zero attached hydrogens (tertiary/aromatic N) is 3. The van der Waals surface area contributed by atoms with Crippen LogP contribution in [-0.2, 0) is 26.8 Å². The van der Waals surface area contributed by atoms with Crippen molar-refractivity contribution in [2.45, 2.75) is 48.2 Å². The number of rotatable bonds is 5. The Morgan fingerprint density at radius 1 is 0.950 bits per heavy atom. The Kier molecular flexibility index (Phi) is 7.88. The van der Waals surface area contributed by atoms with E-state index in [4.69, 9.17) is 0 Å². The number of carbonyl (C=O) groups is 1. The molecule has 0 aliphatic carbocycles. The lowest BCUT2D eigenvalue weighted by molar-refractivity contribution is -0.376. The first-order chi connectivity index (χ1) is 18.5. The van der Waals surface area contributed by atoms with Crippen molar-refractivity contribution in [1.82, 2.24) is 9.80 Å². The minimum Gasteiger partial charge on any atom is -0.369 e. The quantitative estimate of drug-likeness (QED) is 0.531. The fraction of sp³-hybridized carbons (Fsp3) is 0.480. The molecule has 0 aromatic heterocycles. The molecule has 40 heavy (non-hydrogen) atoms. The number of halogens is 7. The number of anilines is 1. The van der Waals surface area contributed by atoms with Crippen molar-refractivity contribution < 1.29 is 49.1 Å². The Labute approximate surface area is 225 Å². The van der Waals surface area contributed by atoms with Crippen LogP contribution in [0.25, 0.3) is 0 Å². The number of likely N-dealkylation sites (N-methyl/N-ethyl adjacent to an activating group) is 1. The van der Waals surface area contributed by atoms with E-state index in [1.165, 1.54) is 0 Å². The van der Waals surface area contributed by atoms with E-state index in [0.29, 0.717) is 38.3 Å². The summed E-state index contributed by atoms with van der Waals surface area (Å²) in [6.45, 7) is 2.00. The maximum atomic E-state index is 13.7. The number of aliphatic hydroxyl groups is 1. The molecule has 7 nitrogen and oxygen atoms in total. The fourth-order valence-electron chi connectivity index (χ4n) is 4.97. The summed E-state index contributed by atoms with van der Waals surface area (Å²) >= 11 is 0. The molecule has 1 N–H and O–H groups in total. The van der Waals surface area contributed by atoms with Gasteiger partial charge in [-0.15, -0.1) is 0 Å². The van der Waals surface area contributed by atoms with E-state index in [9.17, 15) is 49.1 Å². The van der Waals surface area contributed by atoms with Gasteiger partial charge in [-0.2, -0.15) is 26.3 Å². The molecule has 0 spiro atoms. The van der Waals surface area contributed by atoms with E-state index in [-0.39, 0.29) is 41.3 Å². The topological polar surface area (TPSA) is 81.2 Å². The Hall–Kier alpha value is -2.91. The van der Waals surface area contributed by atoms with Crippen molar-refractivity contribution in [2.24, 2.45) is 0 Å². The molecule has 0 radical (unpaired) electrons. The number of benzene rings is 2. The molecule has 2 aromatic carbocycles. The van der Waals surface area contributed by atoms with Gasteiger partial charge in [-0.3, -0.25) is 9.10 Å². The second kappa shape index (κ2) is 10.5. The third-order valence-corrected chi connectivity index (χ3v) is 9.15. The van der Waals surface area contributed by atoms with Crippen molar-refractivity contribution in [3.63, 3.8) is 0 Å². The lowest BCUT2D eigenvalue weighted by Crippen LogP contribution is -2.54. The molecule has 15 heteroatoms. The molecule has 1 unspecified atom stereocenters.